The molecule has 0 heterocycles. The van der Waals surface area contributed by atoms with E-state index in [1.807, 2.05) is 19.9 Å². The molecular formula is C11H18O. The topological polar surface area (TPSA) is 20.2 Å². The zero-order chi connectivity index (χ0) is 9.56. The Hall–Kier alpha value is -0.820. The molecule has 1 saturated carbocycles. The largest absolute Gasteiger partial charge is 0.392 e. The van der Waals surface area contributed by atoms with Crippen LogP contribution in [0.5, 0.6) is 0 Å². The van der Waals surface area contributed by atoms with Crippen molar-refractivity contribution in [1.29, 1.82) is 0 Å². The molecule has 1 heteroatoms. The highest BCUT2D eigenvalue weighted by atomic mass is 16.3. The number of hydrogen-bond acceptors (Lipinski definition) is 1. The summed E-state index contributed by atoms with van der Waals surface area (Å²) in [6, 6.07) is 0. The van der Waals surface area contributed by atoms with Crippen LogP contribution in [0.1, 0.15) is 26.7 Å². The van der Waals surface area contributed by atoms with Gasteiger partial charge in [-0.2, -0.15) is 0 Å². The minimum atomic E-state index is -0.210. The third kappa shape index (κ3) is 3.05. The fourth-order valence-electron chi connectivity index (χ4n) is 1.21. The fourth-order valence-corrected chi connectivity index (χ4v) is 1.21. The lowest BCUT2D eigenvalue weighted by Gasteiger charge is -1.92. The fraction of sp³-hybridized carbons (Fsp3) is 0.455. The lowest BCUT2D eigenvalue weighted by Crippen LogP contribution is -1.95. The second kappa shape index (κ2) is 5.78. The molecule has 12 heavy (non-hydrogen) atoms. The van der Waals surface area contributed by atoms with Gasteiger partial charge in [0, 0.05) is 0 Å². The summed E-state index contributed by atoms with van der Waals surface area (Å²) in [5, 5.41) is 9.16. The van der Waals surface area contributed by atoms with Gasteiger partial charge in [-0.05, 0) is 24.0 Å². The maximum Gasteiger partial charge on any atom is 0.0620 e. The van der Waals surface area contributed by atoms with Crippen LogP contribution < -0.4 is 0 Å². The van der Waals surface area contributed by atoms with Gasteiger partial charge in [-0.1, -0.05) is 39.2 Å². The van der Waals surface area contributed by atoms with E-state index < -0.39 is 0 Å². The van der Waals surface area contributed by atoms with Crippen LogP contribution in [0.25, 0.3) is 0 Å². The second-order valence-electron chi connectivity index (χ2n) is 2.59. The molecule has 0 aromatic carbocycles. The van der Waals surface area contributed by atoms with E-state index in [4.69, 9.17) is 5.11 Å². The number of rotatable bonds is 1. The standard InChI is InChI=1S/C9H12O.C2H6/c1-3-4-8-6-9(10)5-7(8)2;1-2/h3-4,9-10H,1-2,5-6H2;1-2H3/b8-4-;. The summed E-state index contributed by atoms with van der Waals surface area (Å²) in [5.41, 5.74) is 2.19. The first kappa shape index (κ1) is 11.2. The van der Waals surface area contributed by atoms with Gasteiger partial charge in [-0.25, -0.2) is 0 Å². The average Bonchev–Trinajstić information content (AvgIpc) is 2.35. The van der Waals surface area contributed by atoms with E-state index in [0.29, 0.717) is 0 Å². The van der Waals surface area contributed by atoms with Crippen LogP contribution in [0, 0.1) is 0 Å². The van der Waals surface area contributed by atoms with Gasteiger partial charge in [0.15, 0.2) is 0 Å². The van der Waals surface area contributed by atoms with E-state index in [9.17, 15) is 0 Å². The summed E-state index contributed by atoms with van der Waals surface area (Å²) in [7, 11) is 0. The molecular weight excluding hydrogens is 148 g/mol. The number of hydrogen-bond donors (Lipinski definition) is 1. The Labute approximate surface area is 75.1 Å². The third-order valence-corrected chi connectivity index (χ3v) is 1.71. The van der Waals surface area contributed by atoms with Crippen LogP contribution in [0.3, 0.4) is 0 Å². The van der Waals surface area contributed by atoms with Crippen molar-refractivity contribution in [2.45, 2.75) is 32.8 Å². The highest BCUT2D eigenvalue weighted by Crippen LogP contribution is 2.28. The molecule has 0 amide bonds. The maximum atomic E-state index is 9.16. The molecule has 1 fully saturated rings. The van der Waals surface area contributed by atoms with Crippen LogP contribution in [0.2, 0.25) is 0 Å². The van der Waals surface area contributed by atoms with Crippen LogP contribution in [-0.2, 0) is 0 Å². The monoisotopic (exact) mass is 166 g/mol. The minimum Gasteiger partial charge on any atom is -0.392 e. The molecule has 68 valence electrons. The molecule has 1 N–H and O–H groups in total. The Morgan fingerprint density at radius 2 is 2.00 bits per heavy atom. The molecule has 1 nitrogen and oxygen atoms in total. The first-order valence-corrected chi connectivity index (χ1v) is 4.42. The number of aliphatic hydroxyl groups is 1. The van der Waals surface area contributed by atoms with Gasteiger partial charge < -0.3 is 5.11 Å². The van der Waals surface area contributed by atoms with Gasteiger partial charge in [0.2, 0.25) is 0 Å². The Kier molecular flexibility index (Phi) is 5.39. The molecule has 1 atom stereocenters. The van der Waals surface area contributed by atoms with Crippen molar-refractivity contribution >= 4 is 0 Å². The molecule has 1 aliphatic rings. The van der Waals surface area contributed by atoms with Gasteiger partial charge in [0.05, 0.1) is 6.10 Å². The summed E-state index contributed by atoms with van der Waals surface area (Å²) in [6.07, 6.45) is 4.90. The lowest BCUT2D eigenvalue weighted by atomic mass is 10.1. The molecule has 0 saturated heterocycles. The van der Waals surface area contributed by atoms with Gasteiger partial charge in [0.25, 0.3) is 0 Å². The number of allylic oxidation sites excluding steroid dienone is 2. The van der Waals surface area contributed by atoms with Crippen LogP contribution in [-0.4, -0.2) is 11.2 Å². The molecule has 0 radical (unpaired) electrons. The quantitative estimate of drug-likeness (QED) is 0.635. The van der Waals surface area contributed by atoms with Crippen molar-refractivity contribution in [1.82, 2.24) is 0 Å². The maximum absolute atomic E-state index is 9.16. The normalized spacial score (nSPS) is 25.1. The van der Waals surface area contributed by atoms with Crippen LogP contribution in [0.15, 0.2) is 36.5 Å². The van der Waals surface area contributed by atoms with E-state index in [0.717, 1.165) is 24.0 Å². The van der Waals surface area contributed by atoms with Crippen molar-refractivity contribution in [3.05, 3.63) is 36.5 Å². The van der Waals surface area contributed by atoms with Crippen LogP contribution in [0.4, 0.5) is 0 Å². The summed E-state index contributed by atoms with van der Waals surface area (Å²) < 4.78 is 0. The van der Waals surface area contributed by atoms with Crippen LogP contribution >= 0.6 is 0 Å². The molecule has 0 bridgehead atoms. The van der Waals surface area contributed by atoms with Gasteiger partial charge in [-0.3, -0.25) is 0 Å². The van der Waals surface area contributed by atoms with Crippen molar-refractivity contribution in [2.24, 2.45) is 0 Å². The molecule has 0 aliphatic heterocycles. The minimum absolute atomic E-state index is 0.210. The van der Waals surface area contributed by atoms with Gasteiger partial charge >= 0.3 is 0 Å². The predicted octanol–water partition coefficient (Wildman–Crippen LogP) is 2.84. The average molecular weight is 166 g/mol. The Morgan fingerprint density at radius 1 is 1.42 bits per heavy atom. The lowest BCUT2D eigenvalue weighted by molar-refractivity contribution is 0.190. The molecule has 1 aliphatic carbocycles. The smallest absolute Gasteiger partial charge is 0.0620 e. The molecule has 0 aromatic rings. The second-order valence-corrected chi connectivity index (χ2v) is 2.59. The summed E-state index contributed by atoms with van der Waals surface area (Å²) in [5.74, 6) is 0. The van der Waals surface area contributed by atoms with Crippen molar-refractivity contribution in [2.75, 3.05) is 0 Å². The van der Waals surface area contributed by atoms with E-state index in [2.05, 4.69) is 13.2 Å². The van der Waals surface area contributed by atoms with E-state index in [1.54, 1.807) is 6.08 Å². The first-order valence-electron chi connectivity index (χ1n) is 4.42. The Morgan fingerprint density at radius 3 is 2.33 bits per heavy atom. The Balaban J connectivity index is 0.000000561. The molecule has 0 spiro atoms. The van der Waals surface area contributed by atoms with E-state index >= 15 is 0 Å². The van der Waals surface area contributed by atoms with Crippen molar-refractivity contribution < 1.29 is 5.11 Å². The third-order valence-electron chi connectivity index (χ3n) is 1.71. The predicted molar refractivity (Wildman–Crippen MR) is 54.0 cm³/mol. The van der Waals surface area contributed by atoms with E-state index in [1.165, 1.54) is 0 Å². The van der Waals surface area contributed by atoms with Gasteiger partial charge in [-0.15, -0.1) is 0 Å². The molecule has 0 aromatic heterocycles. The highest BCUT2D eigenvalue weighted by Gasteiger charge is 2.19. The first-order chi connectivity index (χ1) is 5.74. The summed E-state index contributed by atoms with van der Waals surface area (Å²) in [4.78, 5) is 0. The van der Waals surface area contributed by atoms with E-state index in [-0.39, 0.29) is 6.10 Å². The SMILES string of the molecule is C=C/C=C1/CC(O)CC1=C.CC. The number of aliphatic hydroxyl groups excluding tert-OH is 1. The Bertz CT molecular complexity index is 189. The summed E-state index contributed by atoms with van der Waals surface area (Å²) >= 11 is 0. The van der Waals surface area contributed by atoms with Gasteiger partial charge in [0.1, 0.15) is 0 Å². The summed E-state index contributed by atoms with van der Waals surface area (Å²) in [6.45, 7) is 11.4. The van der Waals surface area contributed by atoms with Crippen molar-refractivity contribution in [3.63, 3.8) is 0 Å². The zero-order valence-corrected chi connectivity index (χ0v) is 8.01. The molecule has 1 rings (SSSR count). The highest BCUT2D eigenvalue weighted by molar-refractivity contribution is 5.36. The zero-order valence-electron chi connectivity index (χ0n) is 8.01. The molecule has 1 unspecified atom stereocenters. The van der Waals surface area contributed by atoms with Crippen molar-refractivity contribution in [3.8, 4) is 0 Å².